The number of halogens is 3. The van der Waals surface area contributed by atoms with E-state index in [1.165, 1.54) is 13.3 Å². The maximum absolute atomic E-state index is 13.8. The van der Waals surface area contributed by atoms with Crippen molar-refractivity contribution in [1.29, 1.82) is 0 Å². The Morgan fingerprint density at radius 1 is 0.974 bits per heavy atom. The summed E-state index contributed by atoms with van der Waals surface area (Å²) in [6.45, 7) is 0.672. The highest BCUT2D eigenvalue weighted by atomic mass is 19.2. The molecule has 8 nitrogen and oxygen atoms in total. The van der Waals surface area contributed by atoms with Gasteiger partial charge < -0.3 is 9.47 Å². The second kappa shape index (κ2) is 10.5. The van der Waals surface area contributed by atoms with E-state index in [4.69, 9.17) is 14.6 Å². The molecule has 196 valence electrons. The fourth-order valence-electron chi connectivity index (χ4n) is 4.67. The number of hydrogen-bond donors (Lipinski definition) is 0. The Morgan fingerprint density at radius 3 is 2.34 bits per heavy atom. The largest absolute Gasteiger partial charge is 0.497 e. The Labute approximate surface area is 216 Å². The third-order valence-electron chi connectivity index (χ3n) is 6.53. The van der Waals surface area contributed by atoms with Gasteiger partial charge in [-0.05, 0) is 54.3 Å². The van der Waals surface area contributed by atoms with Gasteiger partial charge in [-0.25, -0.2) is 17.9 Å². The number of aromatic nitrogens is 4. The minimum atomic E-state index is -1.53. The summed E-state index contributed by atoms with van der Waals surface area (Å²) in [5.41, 5.74) is 2.28. The van der Waals surface area contributed by atoms with Crippen molar-refractivity contribution in [2.75, 3.05) is 25.7 Å². The van der Waals surface area contributed by atoms with Crippen LogP contribution in [0.25, 0.3) is 11.3 Å². The average molecular weight is 524 g/mol. The second-order valence-electron chi connectivity index (χ2n) is 8.90. The maximum Gasteiger partial charge on any atom is 0.231 e. The first-order valence-corrected chi connectivity index (χ1v) is 11.9. The first-order valence-electron chi connectivity index (χ1n) is 11.9. The number of anilines is 1. The molecule has 38 heavy (non-hydrogen) atoms. The van der Waals surface area contributed by atoms with Gasteiger partial charge in [0.2, 0.25) is 5.91 Å². The van der Waals surface area contributed by atoms with Gasteiger partial charge in [0, 0.05) is 18.0 Å². The number of ether oxygens (including phenoxy) is 2. The summed E-state index contributed by atoms with van der Waals surface area (Å²) >= 11 is 0. The molecule has 0 spiro atoms. The molecule has 1 saturated heterocycles. The summed E-state index contributed by atoms with van der Waals surface area (Å²) in [5.74, 6) is -3.34. The predicted molar refractivity (Wildman–Crippen MR) is 132 cm³/mol. The molecule has 1 aliphatic heterocycles. The third-order valence-corrected chi connectivity index (χ3v) is 6.53. The summed E-state index contributed by atoms with van der Waals surface area (Å²) in [5, 5.41) is 12.5. The Kier molecular flexibility index (Phi) is 6.99. The van der Waals surface area contributed by atoms with E-state index in [0.717, 1.165) is 17.7 Å². The van der Waals surface area contributed by atoms with Crippen LogP contribution in [-0.4, -0.2) is 46.6 Å². The molecule has 1 aliphatic rings. The zero-order chi connectivity index (χ0) is 26.8. The predicted octanol–water partition coefficient (Wildman–Crippen LogP) is 4.42. The Bertz CT molecular complexity index is 1440. The monoisotopic (exact) mass is 523 g/mol. The normalized spacial score (nSPS) is 15.2. The summed E-state index contributed by atoms with van der Waals surface area (Å²) in [6.07, 6.45) is 3.59. The van der Waals surface area contributed by atoms with Crippen LogP contribution in [0.15, 0.2) is 54.9 Å². The van der Waals surface area contributed by atoms with Crippen molar-refractivity contribution < 1.29 is 27.4 Å². The van der Waals surface area contributed by atoms with Gasteiger partial charge in [0.1, 0.15) is 11.4 Å². The van der Waals surface area contributed by atoms with E-state index in [-0.39, 0.29) is 17.9 Å². The van der Waals surface area contributed by atoms with Crippen molar-refractivity contribution in [2.45, 2.75) is 19.4 Å². The molecule has 2 aromatic carbocycles. The Balaban J connectivity index is 1.51. The topological polar surface area (TPSA) is 82.4 Å². The Morgan fingerprint density at radius 2 is 1.71 bits per heavy atom. The highest BCUT2D eigenvalue weighted by molar-refractivity contribution is 5.99. The van der Waals surface area contributed by atoms with Crippen molar-refractivity contribution in [3.8, 4) is 22.8 Å². The molecule has 0 N–H and O–H groups in total. The molecule has 11 heteroatoms. The van der Waals surface area contributed by atoms with Crippen LogP contribution in [0.2, 0.25) is 0 Å². The van der Waals surface area contributed by atoms with Crippen LogP contribution in [0.3, 0.4) is 0 Å². The van der Waals surface area contributed by atoms with E-state index in [0.29, 0.717) is 48.1 Å². The van der Waals surface area contributed by atoms with Crippen molar-refractivity contribution in [3.63, 3.8) is 0 Å². The molecular formula is C27H24F3N5O3. The van der Waals surface area contributed by atoms with Gasteiger partial charge in [-0.3, -0.25) is 9.69 Å². The molecule has 2 aromatic heterocycles. The first-order chi connectivity index (χ1) is 18.4. The van der Waals surface area contributed by atoms with E-state index in [1.54, 1.807) is 29.0 Å². The second-order valence-corrected chi connectivity index (χ2v) is 8.90. The van der Waals surface area contributed by atoms with Gasteiger partial charge >= 0.3 is 0 Å². The zero-order valence-electron chi connectivity index (χ0n) is 20.7. The van der Waals surface area contributed by atoms with Crippen LogP contribution >= 0.6 is 0 Å². The van der Waals surface area contributed by atoms with Crippen LogP contribution in [-0.2, 0) is 17.8 Å². The number of hydrogen-bond acceptors (Lipinski definition) is 6. The van der Waals surface area contributed by atoms with Gasteiger partial charge in [0.05, 0.1) is 33.2 Å². The number of carbonyl (C=O) groups is 1. The van der Waals surface area contributed by atoms with Crippen molar-refractivity contribution in [2.24, 2.45) is 5.92 Å². The number of methoxy groups -OCH3 is 2. The molecule has 1 amide bonds. The van der Waals surface area contributed by atoms with Gasteiger partial charge in [-0.1, -0.05) is 12.1 Å². The van der Waals surface area contributed by atoms with E-state index < -0.39 is 23.4 Å². The first kappa shape index (κ1) is 25.2. The molecule has 0 radical (unpaired) electrons. The highest BCUT2D eigenvalue weighted by Gasteiger charge is 2.38. The summed E-state index contributed by atoms with van der Waals surface area (Å²) in [6, 6.07) is 11.1. The standard InChI is InChI=1S/C27H24F3N5O3/c1-37-20-5-3-16(4-6-20)15-35-26(25(38-2)24(33-35)19-7-9-31-32-14-19)34-10-8-18(27(34)36)11-17-12-21(28)23(30)22(29)13-17/h3-7,9,12-14,18H,8,10-11,15H2,1-2H3. The molecule has 1 atom stereocenters. The minimum absolute atomic E-state index is 0.0690. The molecule has 0 bridgehead atoms. The molecule has 3 heterocycles. The van der Waals surface area contributed by atoms with Gasteiger partial charge in [-0.2, -0.15) is 15.3 Å². The fourth-order valence-corrected chi connectivity index (χ4v) is 4.67. The molecule has 1 unspecified atom stereocenters. The minimum Gasteiger partial charge on any atom is -0.497 e. The molecule has 1 fully saturated rings. The molecule has 0 aliphatic carbocycles. The molecule has 4 aromatic rings. The zero-order valence-corrected chi connectivity index (χ0v) is 20.7. The van der Waals surface area contributed by atoms with Gasteiger partial charge in [0.25, 0.3) is 0 Å². The van der Waals surface area contributed by atoms with E-state index in [1.807, 2.05) is 24.3 Å². The van der Waals surface area contributed by atoms with Crippen LogP contribution < -0.4 is 14.4 Å². The fraction of sp³-hybridized carbons (Fsp3) is 0.259. The van der Waals surface area contributed by atoms with E-state index >= 15 is 0 Å². The quantitative estimate of drug-likeness (QED) is 0.318. The highest BCUT2D eigenvalue weighted by Crippen LogP contribution is 2.41. The summed E-state index contributed by atoms with van der Waals surface area (Å²) in [7, 11) is 3.09. The number of rotatable bonds is 8. The van der Waals surface area contributed by atoms with Crippen LogP contribution in [0.5, 0.6) is 11.5 Å². The van der Waals surface area contributed by atoms with Crippen LogP contribution in [0, 0.1) is 23.4 Å². The van der Waals surface area contributed by atoms with Crippen LogP contribution in [0.1, 0.15) is 17.5 Å². The number of amides is 1. The molecular weight excluding hydrogens is 499 g/mol. The lowest BCUT2D eigenvalue weighted by molar-refractivity contribution is -0.120. The lowest BCUT2D eigenvalue weighted by Crippen LogP contribution is -2.30. The lowest BCUT2D eigenvalue weighted by atomic mass is 9.98. The van der Waals surface area contributed by atoms with Crippen molar-refractivity contribution >= 4 is 11.7 Å². The summed E-state index contributed by atoms with van der Waals surface area (Å²) in [4.78, 5) is 15.2. The lowest BCUT2D eigenvalue weighted by Gasteiger charge is -2.20. The average Bonchev–Trinajstić information content (AvgIpc) is 3.47. The molecule has 0 saturated carbocycles. The van der Waals surface area contributed by atoms with Crippen molar-refractivity contribution in [3.05, 3.63) is 83.4 Å². The SMILES string of the molecule is COc1ccc(Cn2nc(-c3ccnnc3)c(OC)c2N2CCC(Cc3cc(F)c(F)c(F)c3)C2=O)cc1. The van der Waals surface area contributed by atoms with Gasteiger partial charge in [0.15, 0.2) is 29.0 Å². The van der Waals surface area contributed by atoms with E-state index in [2.05, 4.69) is 10.2 Å². The van der Waals surface area contributed by atoms with E-state index in [9.17, 15) is 18.0 Å². The van der Waals surface area contributed by atoms with Gasteiger partial charge in [-0.15, -0.1) is 0 Å². The summed E-state index contributed by atoms with van der Waals surface area (Å²) < 4.78 is 53.6. The Hall–Kier alpha value is -4.41. The smallest absolute Gasteiger partial charge is 0.231 e. The number of nitrogens with zero attached hydrogens (tertiary/aromatic N) is 5. The van der Waals surface area contributed by atoms with Crippen LogP contribution in [0.4, 0.5) is 19.0 Å². The third kappa shape index (κ3) is 4.79. The number of carbonyl (C=O) groups excluding carboxylic acids is 1. The maximum atomic E-state index is 13.8. The molecule has 5 rings (SSSR count). The van der Waals surface area contributed by atoms with Crippen molar-refractivity contribution in [1.82, 2.24) is 20.0 Å². The number of benzene rings is 2.